The number of alkyl halides is 3. The van der Waals surface area contributed by atoms with E-state index in [-0.39, 0.29) is 83.1 Å². The number of rotatable bonds is 12. The van der Waals surface area contributed by atoms with Gasteiger partial charge in [-0.3, -0.25) is 19.2 Å². The van der Waals surface area contributed by atoms with Crippen molar-refractivity contribution in [3.05, 3.63) is 77.1 Å². The van der Waals surface area contributed by atoms with Crippen LogP contribution < -0.4 is 16.4 Å². The third-order valence-electron chi connectivity index (χ3n) is 12.2. The van der Waals surface area contributed by atoms with Crippen LogP contribution in [-0.4, -0.2) is 143 Å². The number of carbonyl (C=O) groups excluding carboxylic acids is 4. The van der Waals surface area contributed by atoms with Crippen molar-refractivity contribution in [2.24, 2.45) is 24.6 Å². The highest BCUT2D eigenvalue weighted by molar-refractivity contribution is 6.34. The van der Waals surface area contributed by atoms with Gasteiger partial charge in [-0.15, -0.1) is 0 Å². The molecule has 3 aliphatic rings. The number of carboxylic acid groups (broad SMARTS) is 1. The minimum Gasteiger partial charge on any atom is -0.477 e. The number of piperazine rings is 1. The van der Waals surface area contributed by atoms with Crippen molar-refractivity contribution in [2.45, 2.75) is 25.6 Å². The number of quaternary nitrogens is 1. The molecule has 5 N–H and O–H groups in total. The van der Waals surface area contributed by atoms with Gasteiger partial charge in [-0.05, 0) is 36.4 Å². The van der Waals surface area contributed by atoms with Gasteiger partial charge in [-0.25, -0.2) is 19.4 Å². The molecule has 0 aliphatic carbocycles. The number of carbonyl (C=O) groups is 5. The zero-order valence-electron chi connectivity index (χ0n) is 34.1. The van der Waals surface area contributed by atoms with Crippen LogP contribution in [0.3, 0.4) is 0 Å². The van der Waals surface area contributed by atoms with Crippen LogP contribution in [0.4, 0.5) is 18.9 Å². The molecule has 8 rings (SSSR count). The molecule has 0 saturated carbocycles. The molecule has 0 spiro atoms. The van der Waals surface area contributed by atoms with E-state index >= 15 is 0 Å². The first-order valence-corrected chi connectivity index (χ1v) is 20.8. The summed E-state index contributed by atoms with van der Waals surface area (Å²) in [6.07, 6.45) is 0.207. The summed E-state index contributed by atoms with van der Waals surface area (Å²) in [6.45, 7) is 5.06. The summed E-state index contributed by atoms with van der Waals surface area (Å²) in [6, 6.07) is 8.97. The van der Waals surface area contributed by atoms with E-state index in [1.54, 1.807) is 32.7 Å². The minimum absolute atomic E-state index is 0.0244. The van der Waals surface area contributed by atoms with Crippen LogP contribution in [0.25, 0.3) is 28.1 Å². The molecule has 5 aromatic rings. The molecule has 332 valence electrons. The Morgan fingerprint density at radius 2 is 1.73 bits per heavy atom. The molecule has 4 aromatic heterocycles. The van der Waals surface area contributed by atoms with Gasteiger partial charge in [-0.2, -0.15) is 18.3 Å². The molecule has 63 heavy (non-hydrogen) atoms. The lowest BCUT2D eigenvalue weighted by atomic mass is 9.90. The number of piperidine rings is 1. The number of nitrogens with zero attached hydrogens (tertiary/aromatic N) is 9. The lowest BCUT2D eigenvalue weighted by molar-refractivity contribution is -0.929. The Labute approximate surface area is 363 Å². The third-order valence-corrected chi connectivity index (χ3v) is 12.5. The zero-order chi connectivity index (χ0) is 44.8. The SMILES string of the molecule is Cn1c(-c2cn(-c3ccc4c(ccn4CC(N)=O)n3)nc2C(F)(F)F)cnc1C(=O)Nc1ccc(C(=O)N2CCN(C(=O)C3CC[N+](CC(=O)O)(CC4CNC4)CC3)CC2)c(Cl)c1. The smallest absolute Gasteiger partial charge is 0.435 e. The summed E-state index contributed by atoms with van der Waals surface area (Å²) in [5.74, 6) is -2.38. The number of pyridine rings is 1. The van der Waals surface area contributed by atoms with Gasteiger partial charge in [0.25, 0.3) is 11.8 Å². The normalized spacial score (nSPS) is 19.5. The van der Waals surface area contributed by atoms with E-state index in [9.17, 15) is 42.3 Å². The average Bonchev–Trinajstić information content (AvgIpc) is 3.95. The van der Waals surface area contributed by atoms with Gasteiger partial charge in [0, 0.05) is 89.1 Å². The molecule has 0 atom stereocenters. The van der Waals surface area contributed by atoms with E-state index in [4.69, 9.17) is 17.3 Å². The fraction of sp³-hybridized carbons (Fsp3) is 0.415. The number of anilines is 1. The van der Waals surface area contributed by atoms with Crippen molar-refractivity contribution in [3.63, 3.8) is 0 Å². The van der Waals surface area contributed by atoms with E-state index in [1.165, 1.54) is 35.9 Å². The van der Waals surface area contributed by atoms with Crippen molar-refractivity contribution in [1.82, 2.24) is 44.0 Å². The quantitative estimate of drug-likeness (QED) is 0.134. The van der Waals surface area contributed by atoms with Gasteiger partial charge in [0.2, 0.25) is 11.8 Å². The van der Waals surface area contributed by atoms with Crippen molar-refractivity contribution in [2.75, 3.05) is 70.8 Å². The number of aliphatic carboxylic acids is 1. The standard InChI is InChI=1S/C41H44ClF3N12O6/c1-52-32(28-20-56(51-36(28)41(43,44)45)34-5-4-31-30(50-34)6-9-55(31)21-33(46)58)19-48-37(52)38(61)49-26-2-3-27(29(42)16-26)40(63)54-12-10-53(11-13-54)39(62)25-7-14-57(15-8-25,23-35(59)60)22-24-17-47-18-24/h2-6,9,16,19-20,24-25,47H,7-8,10-15,17-18,21-23H2,1H3,(H3-,46,49,58,59,60,61,63)/p+1. The first-order chi connectivity index (χ1) is 30.0. The molecule has 0 bridgehead atoms. The molecule has 22 heteroatoms. The molecule has 3 fully saturated rings. The number of aromatic nitrogens is 6. The van der Waals surface area contributed by atoms with Crippen LogP contribution in [0.2, 0.25) is 5.02 Å². The fourth-order valence-corrected chi connectivity index (χ4v) is 9.11. The van der Waals surface area contributed by atoms with E-state index in [1.807, 2.05) is 0 Å². The summed E-state index contributed by atoms with van der Waals surface area (Å²) < 4.78 is 47.3. The summed E-state index contributed by atoms with van der Waals surface area (Å²) in [5, 5.41) is 19.3. The number of primary amides is 1. The van der Waals surface area contributed by atoms with Crippen LogP contribution in [-0.2, 0) is 34.2 Å². The molecular formula is C41H45ClF3N12O6+. The number of amides is 4. The summed E-state index contributed by atoms with van der Waals surface area (Å²) in [4.78, 5) is 75.6. The first kappa shape index (κ1) is 43.3. The molecule has 1 aromatic carbocycles. The average molecular weight is 894 g/mol. The highest BCUT2D eigenvalue weighted by atomic mass is 35.5. The number of hydrogen-bond acceptors (Lipinski definition) is 9. The van der Waals surface area contributed by atoms with Crippen LogP contribution in [0.5, 0.6) is 0 Å². The maximum absolute atomic E-state index is 14.4. The van der Waals surface area contributed by atoms with E-state index < -0.39 is 29.7 Å². The Morgan fingerprint density at radius 3 is 2.37 bits per heavy atom. The third kappa shape index (κ3) is 8.98. The molecular weight excluding hydrogens is 849 g/mol. The second kappa shape index (κ2) is 17.1. The number of carboxylic acids is 1. The molecule has 18 nitrogen and oxygen atoms in total. The van der Waals surface area contributed by atoms with E-state index in [2.05, 4.69) is 25.7 Å². The predicted molar refractivity (Wildman–Crippen MR) is 222 cm³/mol. The molecule has 3 saturated heterocycles. The van der Waals surface area contributed by atoms with Gasteiger partial charge in [-0.1, -0.05) is 11.6 Å². The Hall–Kier alpha value is -6.32. The Kier molecular flexibility index (Phi) is 11.8. The number of likely N-dealkylation sites (tertiary alicyclic amines) is 1. The monoisotopic (exact) mass is 893 g/mol. The largest absolute Gasteiger partial charge is 0.477 e. The number of fused-ring (bicyclic) bond motifs is 1. The summed E-state index contributed by atoms with van der Waals surface area (Å²) in [7, 11) is 1.39. The van der Waals surface area contributed by atoms with Crippen molar-refractivity contribution in [3.8, 4) is 17.1 Å². The van der Waals surface area contributed by atoms with Crippen molar-refractivity contribution in [1.29, 1.82) is 0 Å². The van der Waals surface area contributed by atoms with Gasteiger partial charge in [0.05, 0.1) is 58.7 Å². The minimum atomic E-state index is -4.88. The number of benzene rings is 1. The van der Waals surface area contributed by atoms with Gasteiger partial charge in [0.1, 0.15) is 6.54 Å². The maximum atomic E-state index is 14.4. The number of nitrogens with one attached hydrogen (secondary N) is 2. The number of hydrogen-bond donors (Lipinski definition) is 4. The van der Waals surface area contributed by atoms with Gasteiger partial charge >= 0.3 is 12.1 Å². The number of nitrogens with two attached hydrogens (primary N) is 1. The maximum Gasteiger partial charge on any atom is 0.435 e. The highest BCUT2D eigenvalue weighted by Crippen LogP contribution is 2.37. The lowest BCUT2D eigenvalue weighted by Gasteiger charge is -2.46. The van der Waals surface area contributed by atoms with Crippen LogP contribution in [0, 0.1) is 11.8 Å². The Morgan fingerprint density at radius 1 is 1.02 bits per heavy atom. The molecule has 7 heterocycles. The Balaban J connectivity index is 0.891. The Bertz CT molecular complexity index is 2600. The van der Waals surface area contributed by atoms with Crippen LogP contribution in [0.15, 0.2) is 55.0 Å². The van der Waals surface area contributed by atoms with Crippen molar-refractivity contribution < 1.29 is 46.7 Å². The highest BCUT2D eigenvalue weighted by Gasteiger charge is 2.43. The number of halogens is 4. The molecule has 0 radical (unpaired) electrons. The van der Waals surface area contributed by atoms with Gasteiger partial charge in [0.15, 0.2) is 23.9 Å². The second-order valence-electron chi connectivity index (χ2n) is 16.4. The lowest BCUT2D eigenvalue weighted by Crippen LogP contribution is -2.62. The van der Waals surface area contributed by atoms with Gasteiger partial charge < -0.3 is 44.9 Å². The molecule has 0 unspecified atom stereocenters. The topological polar surface area (TPSA) is 216 Å². The summed E-state index contributed by atoms with van der Waals surface area (Å²) in [5.41, 5.74) is 5.01. The van der Waals surface area contributed by atoms with Crippen molar-refractivity contribution >= 4 is 57.9 Å². The number of imidazole rings is 1. The van der Waals surface area contributed by atoms with E-state index in [0.29, 0.717) is 60.5 Å². The van der Waals surface area contributed by atoms with Crippen LogP contribution >= 0.6 is 11.6 Å². The van der Waals surface area contributed by atoms with Crippen LogP contribution in [0.1, 0.15) is 39.5 Å². The molecule has 4 amide bonds. The molecule has 3 aliphatic heterocycles. The predicted octanol–water partition coefficient (Wildman–Crippen LogP) is 2.85. The first-order valence-electron chi connectivity index (χ1n) is 20.4. The second-order valence-corrected chi connectivity index (χ2v) is 16.8. The van der Waals surface area contributed by atoms with E-state index in [0.717, 1.165) is 36.7 Å². The summed E-state index contributed by atoms with van der Waals surface area (Å²) >= 11 is 6.57. The zero-order valence-corrected chi connectivity index (χ0v) is 34.9. The fourth-order valence-electron chi connectivity index (χ4n) is 8.85.